The van der Waals surface area contributed by atoms with Gasteiger partial charge >= 0.3 is 0 Å². The van der Waals surface area contributed by atoms with Crippen LogP contribution >= 0.6 is 11.8 Å². The quantitative estimate of drug-likeness (QED) is 0.476. The van der Waals surface area contributed by atoms with Crippen molar-refractivity contribution in [2.45, 2.75) is 96.2 Å². The number of rotatable bonds is 8. The van der Waals surface area contributed by atoms with Crippen LogP contribution in [0.25, 0.3) is 5.57 Å². The molecule has 184 valence electrons. The van der Waals surface area contributed by atoms with Crippen molar-refractivity contribution in [3.63, 3.8) is 0 Å². The van der Waals surface area contributed by atoms with Crippen molar-refractivity contribution in [3.05, 3.63) is 51.9 Å². The summed E-state index contributed by atoms with van der Waals surface area (Å²) in [6.07, 6.45) is 4.16. The number of allylic oxidation sites excluding steroid dienone is 1. The molecule has 1 aromatic carbocycles. The van der Waals surface area contributed by atoms with Gasteiger partial charge in [-0.3, -0.25) is 0 Å². The van der Waals surface area contributed by atoms with Gasteiger partial charge in [0.25, 0.3) is 0 Å². The van der Waals surface area contributed by atoms with E-state index in [0.29, 0.717) is 12.6 Å². The predicted molar refractivity (Wildman–Crippen MR) is 144 cm³/mol. The third kappa shape index (κ3) is 6.45. The Morgan fingerprint density at radius 2 is 1.82 bits per heavy atom. The second-order valence-electron chi connectivity index (χ2n) is 11.4. The second kappa shape index (κ2) is 10.6. The minimum Gasteiger partial charge on any atom is -0.392 e. The van der Waals surface area contributed by atoms with Gasteiger partial charge in [0.15, 0.2) is 0 Å². The summed E-state index contributed by atoms with van der Waals surface area (Å²) in [5, 5.41) is 16.5. The Labute approximate surface area is 206 Å². The van der Waals surface area contributed by atoms with Crippen LogP contribution in [-0.4, -0.2) is 47.8 Å². The molecular weight excluding hydrogens is 426 g/mol. The molecule has 2 aliphatic rings. The minimum absolute atomic E-state index is 0.207. The highest BCUT2D eigenvalue weighted by atomic mass is 32.2. The van der Waals surface area contributed by atoms with E-state index in [1.165, 1.54) is 35.1 Å². The first kappa shape index (κ1) is 26.3. The lowest BCUT2D eigenvalue weighted by Gasteiger charge is -2.42. The van der Waals surface area contributed by atoms with Crippen molar-refractivity contribution in [3.8, 4) is 0 Å². The number of piperidine rings is 1. The highest BCUT2D eigenvalue weighted by Crippen LogP contribution is 2.46. The Morgan fingerprint density at radius 1 is 1.21 bits per heavy atom. The highest BCUT2D eigenvalue weighted by Gasteiger charge is 2.37. The van der Waals surface area contributed by atoms with Crippen LogP contribution in [0.5, 0.6) is 0 Å². The smallest absolute Gasteiger partial charge is 0.0676 e. The van der Waals surface area contributed by atoms with Gasteiger partial charge < -0.3 is 21.1 Å². The lowest BCUT2D eigenvalue weighted by molar-refractivity contribution is 0.156. The zero-order chi connectivity index (χ0) is 24.4. The molecule has 3 rings (SSSR count). The second-order valence-corrected chi connectivity index (χ2v) is 12.4. The fraction of sp³-hybridized carbons (Fsp3) is 0.643. The van der Waals surface area contributed by atoms with Crippen LogP contribution in [0, 0.1) is 0 Å². The van der Waals surface area contributed by atoms with Gasteiger partial charge in [0.05, 0.1) is 11.1 Å². The van der Waals surface area contributed by atoms with Gasteiger partial charge in [-0.25, -0.2) is 0 Å². The Bertz CT molecular complexity index is 866. The number of nitrogens with zero attached hydrogens (tertiary/aromatic N) is 1. The normalized spacial score (nSPS) is 22.5. The van der Waals surface area contributed by atoms with Crippen molar-refractivity contribution < 1.29 is 5.11 Å². The van der Waals surface area contributed by atoms with E-state index in [-0.39, 0.29) is 16.9 Å². The van der Waals surface area contributed by atoms with E-state index < -0.39 is 6.10 Å². The third-order valence-corrected chi connectivity index (χ3v) is 8.79. The molecule has 5 heteroatoms. The number of benzene rings is 1. The average Bonchev–Trinajstić information content (AvgIpc) is 2.78. The van der Waals surface area contributed by atoms with Crippen LogP contribution in [0.15, 0.2) is 35.2 Å². The average molecular weight is 472 g/mol. The lowest BCUT2D eigenvalue weighted by Crippen LogP contribution is -2.48. The molecule has 33 heavy (non-hydrogen) atoms. The maximum atomic E-state index is 9.57. The molecule has 1 aromatic rings. The van der Waals surface area contributed by atoms with Gasteiger partial charge in [0.1, 0.15) is 0 Å². The summed E-state index contributed by atoms with van der Waals surface area (Å²) in [6.45, 7) is 20.5. The van der Waals surface area contributed by atoms with E-state index >= 15 is 0 Å². The fourth-order valence-corrected chi connectivity index (χ4v) is 5.72. The highest BCUT2D eigenvalue weighted by molar-refractivity contribution is 8.05. The van der Waals surface area contributed by atoms with Crippen LogP contribution < -0.4 is 11.1 Å². The molecular formula is C28H45N3OS. The molecule has 4 N–H and O–H groups in total. The van der Waals surface area contributed by atoms with Gasteiger partial charge in [-0.2, -0.15) is 0 Å². The Balaban J connectivity index is 1.57. The molecule has 1 aliphatic heterocycles. The van der Waals surface area contributed by atoms with Gasteiger partial charge in [-0.1, -0.05) is 64.2 Å². The molecule has 0 amide bonds. The summed E-state index contributed by atoms with van der Waals surface area (Å²) in [5.41, 5.74) is 12.1. The third-order valence-electron chi connectivity index (χ3n) is 7.79. The number of likely N-dealkylation sites (tertiary alicyclic amines) is 1. The summed E-state index contributed by atoms with van der Waals surface area (Å²) in [7, 11) is 0. The van der Waals surface area contributed by atoms with E-state index in [1.807, 2.05) is 0 Å². The van der Waals surface area contributed by atoms with Crippen molar-refractivity contribution in [2.75, 3.05) is 19.6 Å². The lowest BCUT2D eigenvalue weighted by atomic mass is 9.63. The summed E-state index contributed by atoms with van der Waals surface area (Å²) >= 11 is 1.74. The molecule has 2 atom stereocenters. The number of hydrogen-bond donors (Lipinski definition) is 3. The number of thioether (sulfide) groups is 1. The van der Waals surface area contributed by atoms with Crippen molar-refractivity contribution in [1.82, 2.24) is 10.2 Å². The molecule has 0 spiro atoms. The molecule has 1 unspecified atom stereocenters. The van der Waals surface area contributed by atoms with Crippen LogP contribution in [0.3, 0.4) is 0 Å². The number of nitrogens with one attached hydrogen (secondary N) is 1. The van der Waals surface area contributed by atoms with Crippen LogP contribution in [-0.2, 0) is 10.8 Å². The number of hydrogen-bond acceptors (Lipinski definition) is 5. The van der Waals surface area contributed by atoms with E-state index in [4.69, 9.17) is 5.73 Å². The number of aliphatic hydroxyl groups excluding tert-OH is 1. The topological polar surface area (TPSA) is 61.5 Å². The zero-order valence-corrected chi connectivity index (χ0v) is 22.4. The minimum atomic E-state index is -0.475. The van der Waals surface area contributed by atoms with Crippen molar-refractivity contribution >= 4 is 17.3 Å². The van der Waals surface area contributed by atoms with Crippen LogP contribution in [0.4, 0.5) is 0 Å². The van der Waals surface area contributed by atoms with Crippen molar-refractivity contribution in [2.24, 2.45) is 5.73 Å². The molecule has 1 heterocycles. The fourth-order valence-electron chi connectivity index (χ4n) is 4.94. The Hall–Kier alpha value is -1.27. The first-order chi connectivity index (χ1) is 15.4. The monoisotopic (exact) mass is 471 g/mol. The first-order valence-electron chi connectivity index (χ1n) is 12.5. The molecule has 0 saturated carbocycles. The van der Waals surface area contributed by atoms with Crippen LogP contribution in [0.2, 0.25) is 0 Å². The molecule has 0 bridgehead atoms. The van der Waals surface area contributed by atoms with Crippen molar-refractivity contribution in [1.29, 1.82) is 0 Å². The standard InChI is InChI=1S/C28H45N3OS/c1-19(22-8-9-24-25(16-22)28(6,7)13-12-27(24,4)5)18-33-21(3)31-14-10-23(11-15-31)30-17-26(29)20(2)32/h8-9,16,18,20,23,26,30,32H,3,10-15,17,29H2,1-2,4-7H3/b19-18+/t20-,26?/m1/s1. The first-order valence-corrected chi connectivity index (χ1v) is 13.4. The maximum Gasteiger partial charge on any atom is 0.0676 e. The molecule has 1 aliphatic carbocycles. The summed E-state index contributed by atoms with van der Waals surface area (Å²) < 4.78 is 0. The molecule has 0 radical (unpaired) electrons. The predicted octanol–water partition coefficient (Wildman–Crippen LogP) is 5.36. The molecule has 4 nitrogen and oxygen atoms in total. The number of nitrogens with two attached hydrogens (primary N) is 1. The summed E-state index contributed by atoms with van der Waals surface area (Å²) in [4.78, 5) is 2.39. The molecule has 1 saturated heterocycles. The van der Waals surface area contributed by atoms with Gasteiger partial charge in [-0.05, 0) is 78.0 Å². The van der Waals surface area contributed by atoms with E-state index in [2.05, 4.69) is 75.0 Å². The number of fused-ring (bicyclic) bond motifs is 1. The molecule has 1 fully saturated rings. The maximum absolute atomic E-state index is 9.57. The largest absolute Gasteiger partial charge is 0.392 e. The van der Waals surface area contributed by atoms with Gasteiger partial charge in [0.2, 0.25) is 0 Å². The summed E-state index contributed by atoms with van der Waals surface area (Å²) in [5.74, 6) is 0. The van der Waals surface area contributed by atoms with E-state index in [9.17, 15) is 5.11 Å². The zero-order valence-electron chi connectivity index (χ0n) is 21.6. The van der Waals surface area contributed by atoms with Gasteiger partial charge in [-0.15, -0.1) is 0 Å². The van der Waals surface area contributed by atoms with Gasteiger partial charge in [0, 0.05) is 31.7 Å². The van der Waals surface area contributed by atoms with Crippen LogP contribution in [0.1, 0.15) is 83.9 Å². The van der Waals surface area contributed by atoms with E-state index in [0.717, 1.165) is 31.0 Å². The Kier molecular flexibility index (Phi) is 8.42. The molecule has 0 aromatic heterocycles. The van der Waals surface area contributed by atoms with E-state index in [1.54, 1.807) is 18.7 Å². The SMILES string of the molecule is C=C(S/C=C(\C)c1ccc2c(c1)C(C)(C)CCC2(C)C)N1CCC(NCC(N)[C@@H](C)O)CC1. The summed E-state index contributed by atoms with van der Waals surface area (Å²) in [6, 6.07) is 7.35. The number of aliphatic hydroxyl groups is 1. The Morgan fingerprint density at radius 3 is 2.42 bits per heavy atom.